The standard InChI is InChI=1S/C17H16N2O2/c1-21-15-6-2-12(3-7-15)11-19-17-16-10-14(20)5-4-13(16)8-9-18-17/h2-10,20H,11H2,1H3,(H,18,19). The Hall–Kier alpha value is -2.75. The molecular formula is C17H16N2O2. The van der Waals surface area contributed by atoms with Crippen molar-refractivity contribution in [2.24, 2.45) is 0 Å². The highest BCUT2D eigenvalue weighted by Crippen LogP contribution is 2.25. The van der Waals surface area contributed by atoms with Crippen LogP contribution < -0.4 is 10.1 Å². The molecule has 4 heteroatoms. The maximum absolute atomic E-state index is 9.63. The summed E-state index contributed by atoms with van der Waals surface area (Å²) in [5.41, 5.74) is 1.13. The van der Waals surface area contributed by atoms with Crippen molar-refractivity contribution in [1.82, 2.24) is 4.98 Å². The molecule has 0 aliphatic heterocycles. The molecule has 2 N–H and O–H groups in total. The van der Waals surface area contributed by atoms with Crippen LogP contribution in [0.5, 0.6) is 11.5 Å². The van der Waals surface area contributed by atoms with E-state index >= 15 is 0 Å². The molecule has 3 aromatic rings. The topological polar surface area (TPSA) is 54.4 Å². The maximum Gasteiger partial charge on any atom is 0.134 e. The number of rotatable bonds is 4. The Bertz CT molecular complexity index is 754. The second kappa shape index (κ2) is 5.71. The van der Waals surface area contributed by atoms with E-state index in [1.54, 1.807) is 25.4 Å². The van der Waals surface area contributed by atoms with Crippen molar-refractivity contribution in [2.45, 2.75) is 6.54 Å². The van der Waals surface area contributed by atoms with Gasteiger partial charge >= 0.3 is 0 Å². The molecule has 0 saturated carbocycles. The molecule has 0 atom stereocenters. The van der Waals surface area contributed by atoms with Gasteiger partial charge in [0.1, 0.15) is 17.3 Å². The van der Waals surface area contributed by atoms with Gasteiger partial charge in [0.15, 0.2) is 0 Å². The highest BCUT2D eigenvalue weighted by Gasteiger charge is 2.03. The van der Waals surface area contributed by atoms with Gasteiger partial charge in [-0.1, -0.05) is 18.2 Å². The molecule has 106 valence electrons. The summed E-state index contributed by atoms with van der Waals surface area (Å²) >= 11 is 0. The molecule has 2 aromatic carbocycles. The van der Waals surface area contributed by atoms with E-state index in [0.29, 0.717) is 6.54 Å². The molecule has 0 unspecified atom stereocenters. The van der Waals surface area contributed by atoms with Gasteiger partial charge in [0.2, 0.25) is 0 Å². The minimum Gasteiger partial charge on any atom is -0.508 e. The molecule has 0 aliphatic rings. The molecule has 0 bridgehead atoms. The van der Waals surface area contributed by atoms with E-state index in [-0.39, 0.29) is 5.75 Å². The third-order valence-corrected chi connectivity index (χ3v) is 3.37. The minimum atomic E-state index is 0.239. The molecular weight excluding hydrogens is 264 g/mol. The molecule has 4 nitrogen and oxygen atoms in total. The number of pyridine rings is 1. The number of phenols is 1. The third-order valence-electron chi connectivity index (χ3n) is 3.37. The number of nitrogens with one attached hydrogen (secondary N) is 1. The largest absolute Gasteiger partial charge is 0.508 e. The van der Waals surface area contributed by atoms with Crippen LogP contribution in [0.1, 0.15) is 5.56 Å². The second-order valence-electron chi connectivity index (χ2n) is 4.77. The molecule has 0 fully saturated rings. The molecule has 0 radical (unpaired) electrons. The van der Waals surface area contributed by atoms with Gasteiger partial charge in [-0.25, -0.2) is 4.98 Å². The predicted molar refractivity (Wildman–Crippen MR) is 83.7 cm³/mol. The van der Waals surface area contributed by atoms with Crippen LogP contribution in [0.2, 0.25) is 0 Å². The summed E-state index contributed by atoms with van der Waals surface area (Å²) in [6.07, 6.45) is 1.76. The lowest BCUT2D eigenvalue weighted by atomic mass is 10.1. The van der Waals surface area contributed by atoms with Gasteiger partial charge in [0.25, 0.3) is 0 Å². The van der Waals surface area contributed by atoms with Crippen molar-refractivity contribution in [3.05, 3.63) is 60.3 Å². The van der Waals surface area contributed by atoms with Crippen molar-refractivity contribution in [2.75, 3.05) is 12.4 Å². The monoisotopic (exact) mass is 280 g/mol. The molecule has 0 saturated heterocycles. The van der Waals surface area contributed by atoms with E-state index < -0.39 is 0 Å². The maximum atomic E-state index is 9.63. The predicted octanol–water partition coefficient (Wildman–Crippen LogP) is 3.56. The van der Waals surface area contributed by atoms with Crippen LogP contribution >= 0.6 is 0 Å². The molecule has 1 heterocycles. The Labute approximate surface area is 123 Å². The van der Waals surface area contributed by atoms with Crippen molar-refractivity contribution >= 4 is 16.6 Å². The Morgan fingerprint density at radius 3 is 2.67 bits per heavy atom. The number of hydrogen-bond donors (Lipinski definition) is 2. The van der Waals surface area contributed by atoms with Crippen molar-refractivity contribution in [3.8, 4) is 11.5 Å². The second-order valence-corrected chi connectivity index (χ2v) is 4.77. The number of anilines is 1. The highest BCUT2D eigenvalue weighted by atomic mass is 16.5. The van der Waals surface area contributed by atoms with E-state index in [0.717, 1.165) is 27.9 Å². The van der Waals surface area contributed by atoms with Crippen LogP contribution in [0.25, 0.3) is 10.8 Å². The fourth-order valence-corrected chi connectivity index (χ4v) is 2.23. The molecule has 21 heavy (non-hydrogen) atoms. The summed E-state index contributed by atoms with van der Waals surface area (Å²) in [6.45, 7) is 0.658. The number of hydrogen-bond acceptors (Lipinski definition) is 4. The average Bonchev–Trinajstić information content (AvgIpc) is 2.53. The Kier molecular flexibility index (Phi) is 3.60. The van der Waals surface area contributed by atoms with Gasteiger partial charge in [0.05, 0.1) is 7.11 Å². The van der Waals surface area contributed by atoms with E-state index in [9.17, 15) is 5.11 Å². The Morgan fingerprint density at radius 2 is 1.90 bits per heavy atom. The van der Waals surface area contributed by atoms with E-state index in [1.165, 1.54) is 0 Å². The number of benzene rings is 2. The van der Waals surface area contributed by atoms with Gasteiger partial charge in [-0.15, -0.1) is 0 Å². The van der Waals surface area contributed by atoms with Gasteiger partial charge in [0, 0.05) is 18.1 Å². The fourth-order valence-electron chi connectivity index (χ4n) is 2.23. The summed E-state index contributed by atoms with van der Waals surface area (Å²) in [4.78, 5) is 4.35. The lowest BCUT2D eigenvalue weighted by Crippen LogP contribution is -2.01. The average molecular weight is 280 g/mol. The number of phenolic OH excluding ortho intramolecular Hbond substituents is 1. The Morgan fingerprint density at radius 1 is 1.10 bits per heavy atom. The number of ether oxygens (including phenoxy) is 1. The van der Waals surface area contributed by atoms with E-state index in [4.69, 9.17) is 4.74 Å². The smallest absolute Gasteiger partial charge is 0.134 e. The Balaban J connectivity index is 1.82. The van der Waals surface area contributed by atoms with Crippen molar-refractivity contribution in [1.29, 1.82) is 0 Å². The minimum absolute atomic E-state index is 0.239. The van der Waals surface area contributed by atoms with Crippen LogP contribution in [0, 0.1) is 0 Å². The van der Waals surface area contributed by atoms with E-state index in [2.05, 4.69) is 10.3 Å². The quantitative estimate of drug-likeness (QED) is 0.767. The number of fused-ring (bicyclic) bond motifs is 1. The number of methoxy groups -OCH3 is 1. The first-order chi connectivity index (χ1) is 10.3. The van der Waals surface area contributed by atoms with Crippen molar-refractivity contribution in [3.63, 3.8) is 0 Å². The first-order valence-electron chi connectivity index (χ1n) is 6.71. The van der Waals surface area contributed by atoms with Crippen LogP contribution in [-0.2, 0) is 6.54 Å². The lowest BCUT2D eigenvalue weighted by molar-refractivity contribution is 0.414. The van der Waals surface area contributed by atoms with Crippen LogP contribution in [0.3, 0.4) is 0 Å². The third kappa shape index (κ3) is 2.89. The summed E-state index contributed by atoms with van der Waals surface area (Å²) in [7, 11) is 1.65. The van der Waals surface area contributed by atoms with Gasteiger partial charge in [-0.3, -0.25) is 0 Å². The van der Waals surface area contributed by atoms with Crippen molar-refractivity contribution < 1.29 is 9.84 Å². The summed E-state index contributed by atoms with van der Waals surface area (Å²) in [5.74, 6) is 1.84. The molecule has 0 spiro atoms. The first-order valence-corrected chi connectivity index (χ1v) is 6.71. The van der Waals surface area contributed by atoms with Gasteiger partial charge in [-0.05, 0) is 41.3 Å². The molecule has 0 amide bonds. The zero-order valence-electron chi connectivity index (χ0n) is 11.7. The number of aromatic hydroxyl groups is 1. The summed E-state index contributed by atoms with van der Waals surface area (Å²) in [5, 5.41) is 14.9. The highest BCUT2D eigenvalue weighted by molar-refractivity contribution is 5.92. The first kappa shape index (κ1) is 13.2. The molecule has 3 rings (SSSR count). The number of nitrogens with zero attached hydrogens (tertiary/aromatic N) is 1. The van der Waals surface area contributed by atoms with Crippen LogP contribution in [0.4, 0.5) is 5.82 Å². The fraction of sp³-hybridized carbons (Fsp3) is 0.118. The zero-order valence-corrected chi connectivity index (χ0v) is 11.7. The summed E-state index contributed by atoms with van der Waals surface area (Å²) in [6, 6.07) is 15.1. The van der Waals surface area contributed by atoms with E-state index in [1.807, 2.05) is 36.4 Å². The van der Waals surface area contributed by atoms with Crippen LogP contribution in [0.15, 0.2) is 54.7 Å². The SMILES string of the molecule is COc1ccc(CNc2nccc3ccc(O)cc23)cc1. The number of aromatic nitrogens is 1. The summed E-state index contributed by atoms with van der Waals surface area (Å²) < 4.78 is 5.14. The zero-order chi connectivity index (χ0) is 14.7. The van der Waals surface area contributed by atoms with Gasteiger partial charge in [-0.2, -0.15) is 0 Å². The normalized spacial score (nSPS) is 10.5. The lowest BCUT2D eigenvalue weighted by Gasteiger charge is -2.09. The van der Waals surface area contributed by atoms with Gasteiger partial charge < -0.3 is 15.2 Å². The molecule has 0 aliphatic carbocycles. The van der Waals surface area contributed by atoms with Crippen LogP contribution in [-0.4, -0.2) is 17.2 Å². The molecule has 1 aromatic heterocycles.